The van der Waals surface area contributed by atoms with Gasteiger partial charge in [-0.2, -0.15) is 0 Å². The third-order valence-electron chi connectivity index (χ3n) is 4.65. The fraction of sp³-hybridized carbons (Fsp3) is 0.300. The number of aryl methyl sites for hydroxylation is 1. The number of likely N-dealkylation sites (N-methyl/N-ethyl adjacent to an activating group) is 1. The SMILES string of the molecule is CCN(CCNC(=O)CN1C(=O)c2ccccc2S1(=O)=O)c1cccc(C)c1. The van der Waals surface area contributed by atoms with Crippen LogP contribution in [-0.2, 0) is 14.8 Å². The van der Waals surface area contributed by atoms with Gasteiger partial charge < -0.3 is 10.2 Å². The molecule has 0 atom stereocenters. The van der Waals surface area contributed by atoms with Crippen molar-refractivity contribution in [2.75, 3.05) is 31.1 Å². The zero-order valence-electron chi connectivity index (χ0n) is 15.9. The molecule has 148 valence electrons. The topological polar surface area (TPSA) is 86.8 Å². The third-order valence-corrected chi connectivity index (χ3v) is 6.44. The number of carbonyl (C=O) groups excluding carboxylic acids is 2. The maximum absolute atomic E-state index is 12.5. The van der Waals surface area contributed by atoms with Crippen LogP contribution in [0.2, 0.25) is 0 Å². The molecule has 2 aromatic rings. The molecule has 0 aromatic heterocycles. The van der Waals surface area contributed by atoms with Gasteiger partial charge in [-0.3, -0.25) is 9.59 Å². The van der Waals surface area contributed by atoms with Crippen LogP contribution >= 0.6 is 0 Å². The molecule has 2 amide bonds. The number of fused-ring (bicyclic) bond motifs is 1. The molecule has 0 radical (unpaired) electrons. The summed E-state index contributed by atoms with van der Waals surface area (Å²) < 4.78 is 25.6. The van der Waals surface area contributed by atoms with E-state index in [4.69, 9.17) is 0 Å². The molecule has 1 N–H and O–H groups in total. The summed E-state index contributed by atoms with van der Waals surface area (Å²) in [5.74, 6) is -1.18. The molecule has 0 saturated heterocycles. The van der Waals surface area contributed by atoms with Crippen molar-refractivity contribution in [3.8, 4) is 0 Å². The van der Waals surface area contributed by atoms with E-state index in [1.807, 2.05) is 32.0 Å². The maximum Gasteiger partial charge on any atom is 0.269 e. The summed E-state index contributed by atoms with van der Waals surface area (Å²) in [6, 6.07) is 14.1. The van der Waals surface area contributed by atoms with E-state index >= 15 is 0 Å². The molecule has 0 spiro atoms. The molecule has 28 heavy (non-hydrogen) atoms. The fourth-order valence-corrected chi connectivity index (χ4v) is 4.72. The minimum atomic E-state index is -3.97. The highest BCUT2D eigenvalue weighted by atomic mass is 32.2. The zero-order valence-corrected chi connectivity index (χ0v) is 16.7. The van der Waals surface area contributed by atoms with Crippen molar-refractivity contribution in [2.24, 2.45) is 0 Å². The monoisotopic (exact) mass is 401 g/mol. The highest BCUT2D eigenvalue weighted by Gasteiger charge is 2.41. The quantitative estimate of drug-likeness (QED) is 0.764. The highest BCUT2D eigenvalue weighted by molar-refractivity contribution is 7.90. The second-order valence-electron chi connectivity index (χ2n) is 6.58. The van der Waals surface area contributed by atoms with Gasteiger partial charge in [0.05, 0.1) is 5.56 Å². The van der Waals surface area contributed by atoms with Crippen molar-refractivity contribution in [1.29, 1.82) is 0 Å². The highest BCUT2D eigenvalue weighted by Crippen LogP contribution is 2.29. The molecular formula is C20H23N3O4S. The summed E-state index contributed by atoms with van der Waals surface area (Å²) >= 11 is 0. The number of anilines is 1. The Balaban J connectivity index is 1.58. The van der Waals surface area contributed by atoms with Crippen molar-refractivity contribution in [1.82, 2.24) is 9.62 Å². The van der Waals surface area contributed by atoms with Gasteiger partial charge in [0.1, 0.15) is 11.4 Å². The van der Waals surface area contributed by atoms with E-state index in [2.05, 4.69) is 16.3 Å². The first-order chi connectivity index (χ1) is 13.3. The van der Waals surface area contributed by atoms with Crippen LogP contribution in [-0.4, -0.2) is 50.7 Å². The van der Waals surface area contributed by atoms with Crippen molar-refractivity contribution in [2.45, 2.75) is 18.7 Å². The van der Waals surface area contributed by atoms with Gasteiger partial charge in [-0.15, -0.1) is 0 Å². The van der Waals surface area contributed by atoms with Gasteiger partial charge >= 0.3 is 0 Å². The van der Waals surface area contributed by atoms with E-state index in [1.54, 1.807) is 12.1 Å². The second kappa shape index (κ2) is 8.02. The van der Waals surface area contributed by atoms with E-state index in [0.29, 0.717) is 17.4 Å². The Morgan fingerprint density at radius 2 is 1.89 bits per heavy atom. The lowest BCUT2D eigenvalue weighted by Gasteiger charge is -2.24. The Morgan fingerprint density at radius 1 is 1.14 bits per heavy atom. The van der Waals surface area contributed by atoms with Gasteiger partial charge in [0.2, 0.25) is 5.91 Å². The van der Waals surface area contributed by atoms with Crippen molar-refractivity contribution in [3.05, 3.63) is 59.7 Å². The van der Waals surface area contributed by atoms with Crippen LogP contribution in [0.25, 0.3) is 0 Å². The van der Waals surface area contributed by atoms with E-state index in [-0.39, 0.29) is 10.5 Å². The normalized spacial score (nSPS) is 14.6. The summed E-state index contributed by atoms with van der Waals surface area (Å²) in [6.45, 7) is 5.21. The molecule has 1 aliphatic heterocycles. The number of hydrogen-bond acceptors (Lipinski definition) is 5. The third kappa shape index (κ3) is 3.87. The predicted molar refractivity (Wildman–Crippen MR) is 107 cm³/mol. The Labute approximate surface area is 165 Å². The lowest BCUT2D eigenvalue weighted by atomic mass is 10.2. The van der Waals surface area contributed by atoms with Gasteiger partial charge in [-0.25, -0.2) is 12.7 Å². The number of hydrogen-bond donors (Lipinski definition) is 1. The van der Waals surface area contributed by atoms with Gasteiger partial charge in [-0.1, -0.05) is 24.3 Å². The lowest BCUT2D eigenvalue weighted by molar-refractivity contribution is -0.120. The Kier molecular flexibility index (Phi) is 5.69. The summed E-state index contributed by atoms with van der Waals surface area (Å²) in [7, 11) is -3.97. The molecule has 0 fully saturated rings. The van der Waals surface area contributed by atoms with E-state index < -0.39 is 28.4 Å². The van der Waals surface area contributed by atoms with Gasteiger partial charge in [-0.05, 0) is 43.7 Å². The first-order valence-corrected chi connectivity index (χ1v) is 10.5. The zero-order chi connectivity index (χ0) is 20.3. The first-order valence-electron chi connectivity index (χ1n) is 9.09. The molecular weight excluding hydrogens is 378 g/mol. The standard InChI is InChI=1S/C20H23N3O4S/c1-3-22(16-8-6-7-15(2)13-16)12-11-21-19(24)14-23-20(25)17-9-4-5-10-18(17)28(23,26)27/h4-10,13H,3,11-12,14H2,1-2H3,(H,21,24). The number of carbonyl (C=O) groups is 2. The van der Waals surface area contributed by atoms with Crippen LogP contribution < -0.4 is 10.2 Å². The molecule has 3 rings (SSSR count). The number of sulfonamides is 1. The van der Waals surface area contributed by atoms with E-state index in [9.17, 15) is 18.0 Å². The summed E-state index contributed by atoms with van der Waals surface area (Å²) in [4.78, 5) is 26.7. The average Bonchev–Trinajstić information content (AvgIpc) is 2.86. The second-order valence-corrected chi connectivity index (χ2v) is 8.41. The largest absolute Gasteiger partial charge is 0.370 e. The molecule has 1 aliphatic rings. The average molecular weight is 401 g/mol. The minimum Gasteiger partial charge on any atom is -0.370 e. The van der Waals surface area contributed by atoms with Crippen molar-refractivity contribution >= 4 is 27.5 Å². The van der Waals surface area contributed by atoms with Gasteiger partial charge in [0.25, 0.3) is 15.9 Å². The van der Waals surface area contributed by atoms with Crippen LogP contribution in [0, 0.1) is 6.92 Å². The van der Waals surface area contributed by atoms with E-state index in [1.165, 1.54) is 12.1 Å². The summed E-state index contributed by atoms with van der Waals surface area (Å²) in [6.07, 6.45) is 0. The van der Waals surface area contributed by atoms with Gasteiger partial charge in [0, 0.05) is 25.3 Å². The van der Waals surface area contributed by atoms with Crippen LogP contribution in [0.4, 0.5) is 5.69 Å². The van der Waals surface area contributed by atoms with Crippen molar-refractivity contribution < 1.29 is 18.0 Å². The number of amides is 2. The molecule has 0 saturated carbocycles. The Morgan fingerprint density at radius 3 is 2.57 bits per heavy atom. The molecule has 8 heteroatoms. The lowest BCUT2D eigenvalue weighted by Crippen LogP contribution is -2.42. The number of rotatable bonds is 7. The van der Waals surface area contributed by atoms with Crippen LogP contribution in [0.5, 0.6) is 0 Å². The summed E-state index contributed by atoms with van der Waals surface area (Å²) in [5, 5.41) is 2.70. The number of nitrogens with one attached hydrogen (secondary N) is 1. The van der Waals surface area contributed by atoms with Crippen LogP contribution in [0.1, 0.15) is 22.8 Å². The Bertz CT molecular complexity index is 1000. The number of nitrogens with zero attached hydrogens (tertiary/aromatic N) is 2. The Hall–Kier alpha value is -2.87. The molecule has 0 aliphatic carbocycles. The predicted octanol–water partition coefficient (Wildman–Crippen LogP) is 1.78. The van der Waals surface area contributed by atoms with Gasteiger partial charge in [0.15, 0.2) is 0 Å². The minimum absolute atomic E-state index is 0.0515. The molecule has 0 bridgehead atoms. The molecule has 7 nitrogen and oxygen atoms in total. The van der Waals surface area contributed by atoms with E-state index in [0.717, 1.165) is 17.8 Å². The fourth-order valence-electron chi connectivity index (χ4n) is 3.20. The first kappa shape index (κ1) is 19.9. The molecule has 1 heterocycles. The molecule has 2 aromatic carbocycles. The maximum atomic E-state index is 12.5. The van der Waals surface area contributed by atoms with Crippen LogP contribution in [0.3, 0.4) is 0 Å². The molecule has 0 unspecified atom stereocenters. The summed E-state index contributed by atoms with van der Waals surface area (Å²) in [5.41, 5.74) is 2.31. The smallest absolute Gasteiger partial charge is 0.269 e. The van der Waals surface area contributed by atoms with Crippen LogP contribution in [0.15, 0.2) is 53.4 Å². The van der Waals surface area contributed by atoms with Crippen molar-refractivity contribution in [3.63, 3.8) is 0 Å². The number of benzene rings is 2.